The van der Waals surface area contributed by atoms with Crippen molar-refractivity contribution >= 4 is 0 Å². The summed E-state index contributed by atoms with van der Waals surface area (Å²) in [5.74, 6) is 3.18. The van der Waals surface area contributed by atoms with Gasteiger partial charge >= 0.3 is 0 Å². The largest absolute Gasteiger partial charge is 0.496 e. The Hall–Kier alpha value is -2.84. The van der Waals surface area contributed by atoms with Crippen LogP contribution in [0.2, 0.25) is 0 Å². The Morgan fingerprint density at radius 2 is 0.750 bits per heavy atom. The highest BCUT2D eigenvalue weighted by molar-refractivity contribution is 5.56. The first kappa shape index (κ1) is 21.5. The second kappa shape index (κ2) is 9.38. The van der Waals surface area contributed by atoms with Gasteiger partial charge in [-0.05, 0) is 0 Å². The summed E-state index contributed by atoms with van der Waals surface area (Å²) < 4.78 is 32.6. The van der Waals surface area contributed by atoms with Gasteiger partial charge in [0.25, 0.3) is 0 Å². The van der Waals surface area contributed by atoms with Crippen molar-refractivity contribution in [3.63, 3.8) is 0 Å². The molecule has 0 heterocycles. The van der Waals surface area contributed by atoms with Crippen LogP contribution < -0.4 is 39.9 Å². The Kier molecular flexibility index (Phi) is 7.19. The number of hydrogen-bond acceptors (Lipinski definition) is 8. The van der Waals surface area contributed by atoms with E-state index in [1.807, 2.05) is 0 Å². The van der Waals surface area contributed by atoms with E-state index >= 15 is 0 Å². The summed E-state index contributed by atoms with van der Waals surface area (Å²) in [6.45, 7) is 0. The predicted molar refractivity (Wildman–Crippen MR) is 106 cm³/mol. The van der Waals surface area contributed by atoms with Crippen molar-refractivity contribution in [2.45, 2.75) is 12.1 Å². The molecule has 2 atom stereocenters. The van der Waals surface area contributed by atoms with Crippen molar-refractivity contribution in [3.05, 3.63) is 35.4 Å². The molecule has 0 saturated carbocycles. The summed E-state index contributed by atoms with van der Waals surface area (Å²) in [6, 6.07) is 5.54. The molecule has 8 nitrogen and oxygen atoms in total. The van der Waals surface area contributed by atoms with Gasteiger partial charge in [0, 0.05) is 24.3 Å². The maximum absolute atomic E-state index is 6.56. The van der Waals surface area contributed by atoms with E-state index in [9.17, 15) is 0 Å². The van der Waals surface area contributed by atoms with E-state index in [1.165, 1.54) is 0 Å². The summed E-state index contributed by atoms with van der Waals surface area (Å²) in [4.78, 5) is 0. The first-order valence-corrected chi connectivity index (χ1v) is 8.56. The van der Waals surface area contributed by atoms with Crippen LogP contribution in [0.25, 0.3) is 0 Å². The molecule has 2 aromatic carbocycles. The number of rotatable bonds is 9. The molecule has 8 heteroatoms. The molecule has 0 unspecified atom stereocenters. The fourth-order valence-electron chi connectivity index (χ4n) is 3.08. The van der Waals surface area contributed by atoms with Crippen LogP contribution in [0.4, 0.5) is 0 Å². The Balaban J connectivity index is 2.61. The normalized spacial score (nSPS) is 12.7. The van der Waals surface area contributed by atoms with Crippen molar-refractivity contribution in [2.75, 3.05) is 42.7 Å². The Morgan fingerprint density at radius 3 is 0.929 bits per heavy atom. The minimum absolute atomic E-state index is 0.505. The molecule has 0 bridgehead atoms. The zero-order chi connectivity index (χ0) is 20.8. The molecule has 28 heavy (non-hydrogen) atoms. The third-order valence-electron chi connectivity index (χ3n) is 4.56. The van der Waals surface area contributed by atoms with E-state index in [0.29, 0.717) is 45.6 Å². The first-order valence-electron chi connectivity index (χ1n) is 8.56. The molecule has 0 aromatic heterocycles. The molecule has 4 N–H and O–H groups in total. The molecule has 0 aliphatic heterocycles. The van der Waals surface area contributed by atoms with E-state index in [0.717, 1.165) is 0 Å². The molecule has 0 spiro atoms. The van der Waals surface area contributed by atoms with Crippen LogP contribution >= 0.6 is 0 Å². The van der Waals surface area contributed by atoms with E-state index in [1.54, 1.807) is 66.9 Å². The van der Waals surface area contributed by atoms with E-state index in [4.69, 9.17) is 39.9 Å². The van der Waals surface area contributed by atoms with Gasteiger partial charge in [0.2, 0.25) is 0 Å². The van der Waals surface area contributed by atoms with Crippen LogP contribution in [0.5, 0.6) is 34.5 Å². The molecule has 0 aliphatic rings. The molecule has 0 aliphatic carbocycles. The first-order chi connectivity index (χ1) is 13.4. The number of hydrogen-bond donors (Lipinski definition) is 2. The number of ether oxygens (including phenoxy) is 6. The smallest absolute Gasteiger partial charge is 0.131 e. The minimum atomic E-state index is -0.688. The predicted octanol–water partition coefficient (Wildman–Crippen LogP) is 2.44. The van der Waals surface area contributed by atoms with Crippen LogP contribution in [-0.2, 0) is 0 Å². The van der Waals surface area contributed by atoms with E-state index in [2.05, 4.69) is 0 Å². The molecule has 2 rings (SSSR count). The summed E-state index contributed by atoms with van der Waals surface area (Å²) in [7, 11) is 9.31. The lowest BCUT2D eigenvalue weighted by atomic mass is 9.92. The summed E-state index contributed by atoms with van der Waals surface area (Å²) >= 11 is 0. The zero-order valence-corrected chi connectivity index (χ0v) is 17.1. The van der Waals surface area contributed by atoms with Gasteiger partial charge in [0.1, 0.15) is 34.5 Å². The lowest BCUT2D eigenvalue weighted by Crippen LogP contribution is -2.28. The second-order valence-electron chi connectivity index (χ2n) is 5.94. The van der Waals surface area contributed by atoms with Gasteiger partial charge in [-0.3, -0.25) is 0 Å². The number of nitrogens with two attached hydrogens (primary N) is 2. The monoisotopic (exact) mass is 392 g/mol. The SMILES string of the molecule is COc1cc(OC)c([C@H](N)[C@@H](N)c2c(OC)cc(OC)cc2OC)c(OC)c1. The Bertz CT molecular complexity index is 694. The Labute approximate surface area is 165 Å². The van der Waals surface area contributed by atoms with Gasteiger partial charge in [0.15, 0.2) is 0 Å². The maximum Gasteiger partial charge on any atom is 0.131 e. The standard InChI is InChI=1S/C20H28N2O6/c1-23-11-7-13(25-3)17(14(8-11)26-4)19(21)20(22)18-15(27-5)9-12(24-2)10-16(18)28-6/h7-10,19-20H,21-22H2,1-6H3/t19-,20-/m0/s1. The molecular formula is C20H28N2O6. The molecule has 0 saturated heterocycles. The second-order valence-corrected chi connectivity index (χ2v) is 5.94. The topological polar surface area (TPSA) is 107 Å². The van der Waals surface area contributed by atoms with E-state index < -0.39 is 12.1 Å². The van der Waals surface area contributed by atoms with Crippen LogP contribution in [0.1, 0.15) is 23.2 Å². The summed E-state index contributed by atoms with van der Waals surface area (Å²) in [5.41, 5.74) is 14.3. The third kappa shape index (κ3) is 4.02. The molecule has 0 amide bonds. The van der Waals surface area contributed by atoms with Gasteiger partial charge in [-0.2, -0.15) is 0 Å². The van der Waals surface area contributed by atoms with Crippen LogP contribution in [0.3, 0.4) is 0 Å². The van der Waals surface area contributed by atoms with Crippen molar-refractivity contribution in [1.82, 2.24) is 0 Å². The third-order valence-corrected chi connectivity index (χ3v) is 4.56. The fourth-order valence-corrected chi connectivity index (χ4v) is 3.08. The average Bonchev–Trinajstić information content (AvgIpc) is 2.75. The average molecular weight is 392 g/mol. The van der Waals surface area contributed by atoms with Gasteiger partial charge in [0.05, 0.1) is 65.9 Å². The highest BCUT2D eigenvalue weighted by Gasteiger charge is 2.30. The molecule has 0 fully saturated rings. The Morgan fingerprint density at radius 1 is 0.500 bits per heavy atom. The molecule has 0 radical (unpaired) electrons. The highest BCUT2D eigenvalue weighted by Crippen LogP contribution is 2.45. The van der Waals surface area contributed by atoms with Gasteiger partial charge in [-0.15, -0.1) is 0 Å². The number of methoxy groups -OCH3 is 6. The highest BCUT2D eigenvalue weighted by atomic mass is 16.5. The lowest BCUT2D eigenvalue weighted by Gasteiger charge is -2.27. The minimum Gasteiger partial charge on any atom is -0.496 e. The quantitative estimate of drug-likeness (QED) is 0.670. The van der Waals surface area contributed by atoms with Crippen LogP contribution in [-0.4, -0.2) is 42.7 Å². The van der Waals surface area contributed by atoms with E-state index in [-0.39, 0.29) is 0 Å². The summed E-state index contributed by atoms with van der Waals surface area (Å²) in [5, 5.41) is 0. The molecule has 2 aromatic rings. The molecular weight excluding hydrogens is 364 g/mol. The van der Waals surface area contributed by atoms with Crippen molar-refractivity contribution < 1.29 is 28.4 Å². The van der Waals surface area contributed by atoms with Crippen molar-refractivity contribution in [1.29, 1.82) is 0 Å². The van der Waals surface area contributed by atoms with Crippen molar-refractivity contribution in [3.8, 4) is 34.5 Å². The lowest BCUT2D eigenvalue weighted by molar-refractivity contribution is 0.347. The fraction of sp³-hybridized carbons (Fsp3) is 0.400. The summed E-state index contributed by atoms with van der Waals surface area (Å²) in [6.07, 6.45) is 0. The van der Waals surface area contributed by atoms with Gasteiger partial charge < -0.3 is 39.9 Å². The molecule has 154 valence electrons. The maximum atomic E-state index is 6.56. The number of benzene rings is 2. The van der Waals surface area contributed by atoms with Gasteiger partial charge in [-0.1, -0.05) is 0 Å². The zero-order valence-electron chi connectivity index (χ0n) is 17.1. The van der Waals surface area contributed by atoms with Crippen molar-refractivity contribution in [2.24, 2.45) is 11.5 Å². The van der Waals surface area contributed by atoms with Crippen LogP contribution in [0.15, 0.2) is 24.3 Å². The van der Waals surface area contributed by atoms with Crippen LogP contribution in [0, 0.1) is 0 Å². The van der Waals surface area contributed by atoms with Gasteiger partial charge in [-0.25, -0.2) is 0 Å².